The predicted octanol–water partition coefficient (Wildman–Crippen LogP) is 2.33. The Balaban J connectivity index is 2.24. The number of aryl methyl sites for hydroxylation is 1. The quantitative estimate of drug-likeness (QED) is 0.851. The van der Waals surface area contributed by atoms with Crippen LogP contribution in [0.3, 0.4) is 0 Å². The van der Waals surface area contributed by atoms with Crippen LogP contribution in [0.25, 0.3) is 0 Å². The summed E-state index contributed by atoms with van der Waals surface area (Å²) in [6, 6.07) is 7.96. The van der Waals surface area contributed by atoms with Crippen LogP contribution in [-0.4, -0.2) is 8.42 Å². The van der Waals surface area contributed by atoms with Gasteiger partial charge in [0, 0.05) is 6.54 Å². The molecule has 0 atom stereocenters. The maximum Gasteiger partial charge on any atom is 0.243 e. The molecule has 0 aromatic heterocycles. The third-order valence-corrected chi connectivity index (χ3v) is 4.58. The molecular weight excluding hydrogens is 298 g/mol. The van der Waals surface area contributed by atoms with E-state index in [9.17, 15) is 17.2 Å². The maximum atomic E-state index is 13.1. The first-order valence-electron chi connectivity index (χ1n) is 6.10. The molecule has 4 nitrogen and oxygen atoms in total. The van der Waals surface area contributed by atoms with Gasteiger partial charge in [0.25, 0.3) is 0 Å². The summed E-state index contributed by atoms with van der Waals surface area (Å²) >= 11 is 0. The van der Waals surface area contributed by atoms with E-state index in [-0.39, 0.29) is 17.1 Å². The third-order valence-electron chi connectivity index (χ3n) is 2.96. The molecule has 2 rings (SSSR count). The van der Waals surface area contributed by atoms with E-state index in [1.54, 1.807) is 19.1 Å². The van der Waals surface area contributed by atoms with Gasteiger partial charge >= 0.3 is 0 Å². The molecule has 0 heterocycles. The van der Waals surface area contributed by atoms with Gasteiger partial charge in [-0.2, -0.15) is 0 Å². The van der Waals surface area contributed by atoms with Crippen LogP contribution in [0.4, 0.5) is 14.5 Å². The largest absolute Gasteiger partial charge is 0.398 e. The van der Waals surface area contributed by atoms with Gasteiger partial charge in [-0.3, -0.25) is 0 Å². The molecule has 112 valence electrons. The second-order valence-corrected chi connectivity index (χ2v) is 6.27. The van der Waals surface area contributed by atoms with Gasteiger partial charge in [-0.05, 0) is 36.2 Å². The lowest BCUT2D eigenvalue weighted by Gasteiger charge is -2.11. The number of anilines is 1. The lowest BCUT2D eigenvalue weighted by Crippen LogP contribution is -2.25. The Morgan fingerprint density at radius 1 is 1.14 bits per heavy atom. The Morgan fingerprint density at radius 3 is 2.48 bits per heavy atom. The van der Waals surface area contributed by atoms with Crippen molar-refractivity contribution in [2.75, 3.05) is 5.73 Å². The summed E-state index contributed by atoms with van der Waals surface area (Å²) in [6.07, 6.45) is 0. The Bertz CT molecular complexity index is 756. The Hall–Kier alpha value is -1.99. The van der Waals surface area contributed by atoms with Crippen LogP contribution < -0.4 is 10.5 Å². The normalized spacial score (nSPS) is 11.6. The van der Waals surface area contributed by atoms with E-state index in [0.717, 1.165) is 12.1 Å². The molecule has 0 radical (unpaired) electrons. The minimum atomic E-state index is -3.83. The van der Waals surface area contributed by atoms with Gasteiger partial charge in [0.15, 0.2) is 11.6 Å². The predicted molar refractivity (Wildman–Crippen MR) is 76.0 cm³/mol. The van der Waals surface area contributed by atoms with Crippen LogP contribution in [-0.2, 0) is 16.6 Å². The molecule has 21 heavy (non-hydrogen) atoms. The number of benzene rings is 2. The summed E-state index contributed by atoms with van der Waals surface area (Å²) in [5.74, 6) is -2.01. The lowest BCUT2D eigenvalue weighted by atomic mass is 10.2. The molecule has 0 bridgehead atoms. The van der Waals surface area contributed by atoms with Crippen molar-refractivity contribution in [3.05, 3.63) is 59.2 Å². The van der Waals surface area contributed by atoms with E-state index in [1.807, 2.05) is 0 Å². The van der Waals surface area contributed by atoms with Crippen LogP contribution in [0.2, 0.25) is 0 Å². The second-order valence-electron chi connectivity index (χ2n) is 4.57. The van der Waals surface area contributed by atoms with E-state index in [4.69, 9.17) is 5.73 Å². The van der Waals surface area contributed by atoms with Gasteiger partial charge < -0.3 is 5.73 Å². The summed E-state index contributed by atoms with van der Waals surface area (Å²) in [6.45, 7) is 1.47. The molecule has 0 saturated carbocycles. The summed E-state index contributed by atoms with van der Waals surface area (Å²) in [7, 11) is -3.83. The van der Waals surface area contributed by atoms with Gasteiger partial charge in [-0.25, -0.2) is 21.9 Å². The van der Waals surface area contributed by atoms with E-state index >= 15 is 0 Å². The SMILES string of the molecule is Cc1cccc(N)c1S(=O)(=O)NCc1ccc(F)c(F)c1. The number of rotatable bonds is 4. The van der Waals surface area contributed by atoms with Crippen molar-refractivity contribution >= 4 is 15.7 Å². The molecule has 0 aliphatic carbocycles. The zero-order chi connectivity index (χ0) is 15.6. The molecule has 2 aromatic rings. The zero-order valence-electron chi connectivity index (χ0n) is 11.2. The monoisotopic (exact) mass is 312 g/mol. The zero-order valence-corrected chi connectivity index (χ0v) is 12.0. The van der Waals surface area contributed by atoms with Gasteiger partial charge in [0.05, 0.1) is 5.69 Å². The molecular formula is C14H14F2N2O2S. The highest BCUT2D eigenvalue weighted by atomic mass is 32.2. The van der Waals surface area contributed by atoms with Crippen molar-refractivity contribution in [3.63, 3.8) is 0 Å². The van der Waals surface area contributed by atoms with Crippen molar-refractivity contribution in [3.8, 4) is 0 Å². The molecule has 0 unspecified atom stereocenters. The van der Waals surface area contributed by atoms with E-state index < -0.39 is 21.7 Å². The Morgan fingerprint density at radius 2 is 1.86 bits per heavy atom. The van der Waals surface area contributed by atoms with Crippen LogP contribution in [0, 0.1) is 18.6 Å². The van der Waals surface area contributed by atoms with E-state index in [1.165, 1.54) is 12.1 Å². The van der Waals surface area contributed by atoms with E-state index in [2.05, 4.69) is 4.72 Å². The number of hydrogen-bond acceptors (Lipinski definition) is 3. The topological polar surface area (TPSA) is 72.2 Å². The summed E-state index contributed by atoms with van der Waals surface area (Å²) in [4.78, 5) is -0.00687. The molecule has 3 N–H and O–H groups in total. The first-order valence-corrected chi connectivity index (χ1v) is 7.58. The average molecular weight is 312 g/mol. The lowest BCUT2D eigenvalue weighted by molar-refractivity contribution is 0.506. The molecule has 2 aromatic carbocycles. The van der Waals surface area contributed by atoms with Crippen molar-refractivity contribution in [2.45, 2.75) is 18.4 Å². The first kappa shape index (κ1) is 15.4. The van der Waals surface area contributed by atoms with Crippen LogP contribution >= 0.6 is 0 Å². The molecule has 0 amide bonds. The summed E-state index contributed by atoms with van der Waals surface area (Å²) in [5.41, 5.74) is 6.64. The molecule has 0 aliphatic heterocycles. The number of halogens is 2. The molecule has 0 aliphatic rings. The smallest absolute Gasteiger partial charge is 0.243 e. The molecule has 0 saturated heterocycles. The van der Waals surface area contributed by atoms with Crippen LogP contribution in [0.1, 0.15) is 11.1 Å². The fourth-order valence-electron chi connectivity index (χ4n) is 1.94. The minimum absolute atomic E-state index is 0.00687. The highest BCUT2D eigenvalue weighted by Gasteiger charge is 2.19. The van der Waals surface area contributed by atoms with Crippen molar-refractivity contribution in [2.24, 2.45) is 0 Å². The maximum absolute atomic E-state index is 13.1. The minimum Gasteiger partial charge on any atom is -0.398 e. The molecule has 0 spiro atoms. The highest BCUT2D eigenvalue weighted by Crippen LogP contribution is 2.22. The number of hydrogen-bond donors (Lipinski definition) is 2. The van der Waals surface area contributed by atoms with Gasteiger partial charge in [0.2, 0.25) is 10.0 Å². The first-order chi connectivity index (χ1) is 9.81. The molecule has 7 heteroatoms. The second kappa shape index (κ2) is 5.79. The standard InChI is InChI=1S/C14H14F2N2O2S/c1-9-3-2-4-13(17)14(9)21(19,20)18-8-10-5-6-11(15)12(16)7-10/h2-7,18H,8,17H2,1H3. The molecule has 0 fully saturated rings. The third kappa shape index (κ3) is 3.37. The van der Waals surface area contributed by atoms with Crippen LogP contribution in [0.5, 0.6) is 0 Å². The highest BCUT2D eigenvalue weighted by molar-refractivity contribution is 7.89. The number of sulfonamides is 1. The van der Waals surface area contributed by atoms with Crippen molar-refractivity contribution in [1.29, 1.82) is 0 Å². The Labute approximate surface area is 121 Å². The number of nitrogens with two attached hydrogens (primary N) is 1. The summed E-state index contributed by atoms with van der Waals surface area (Å²) in [5, 5.41) is 0. The van der Waals surface area contributed by atoms with Gasteiger partial charge in [0.1, 0.15) is 4.90 Å². The number of nitrogen functional groups attached to an aromatic ring is 1. The Kier molecular flexibility index (Phi) is 4.24. The average Bonchev–Trinajstić information content (AvgIpc) is 2.40. The fourth-order valence-corrected chi connectivity index (χ4v) is 3.31. The fraction of sp³-hybridized carbons (Fsp3) is 0.143. The van der Waals surface area contributed by atoms with Crippen LogP contribution in [0.15, 0.2) is 41.3 Å². The van der Waals surface area contributed by atoms with Gasteiger partial charge in [-0.15, -0.1) is 0 Å². The number of nitrogens with one attached hydrogen (secondary N) is 1. The van der Waals surface area contributed by atoms with E-state index in [0.29, 0.717) is 11.1 Å². The summed E-state index contributed by atoms with van der Waals surface area (Å²) < 4.78 is 52.7. The van der Waals surface area contributed by atoms with Crippen molar-refractivity contribution < 1.29 is 17.2 Å². The van der Waals surface area contributed by atoms with Crippen molar-refractivity contribution in [1.82, 2.24) is 4.72 Å². The van der Waals surface area contributed by atoms with Gasteiger partial charge in [-0.1, -0.05) is 18.2 Å².